The van der Waals surface area contributed by atoms with Crippen molar-refractivity contribution in [3.05, 3.63) is 34.4 Å². The van der Waals surface area contributed by atoms with Gasteiger partial charge in [0.2, 0.25) is 0 Å². The Bertz CT molecular complexity index is 491. The van der Waals surface area contributed by atoms with E-state index in [0.717, 1.165) is 11.1 Å². The second kappa shape index (κ2) is 3.40. The van der Waals surface area contributed by atoms with Gasteiger partial charge in [-0.3, -0.25) is 14.5 Å². The minimum atomic E-state index is -0.191. The lowest BCUT2D eigenvalue weighted by Gasteiger charge is -2.10. The third-order valence-corrected chi connectivity index (χ3v) is 3.37. The molecule has 4 nitrogen and oxygen atoms in total. The summed E-state index contributed by atoms with van der Waals surface area (Å²) in [6, 6.07) is 3.61. The average Bonchev–Trinajstić information content (AvgIpc) is 3.07. The van der Waals surface area contributed by atoms with Crippen LogP contribution in [-0.4, -0.2) is 36.0 Å². The first-order valence-corrected chi connectivity index (χ1v) is 5.67. The van der Waals surface area contributed by atoms with E-state index in [-0.39, 0.29) is 17.9 Å². The van der Waals surface area contributed by atoms with Crippen molar-refractivity contribution in [2.45, 2.75) is 20.0 Å². The second-order valence-corrected chi connectivity index (χ2v) is 4.66. The molecule has 88 valence electrons. The molecule has 0 radical (unpaired) electrons. The fourth-order valence-electron chi connectivity index (χ4n) is 2.10. The topological polar surface area (TPSA) is 49.9 Å². The van der Waals surface area contributed by atoms with Gasteiger partial charge >= 0.3 is 0 Å². The van der Waals surface area contributed by atoms with Crippen LogP contribution >= 0.6 is 0 Å². The zero-order valence-corrected chi connectivity index (χ0v) is 9.82. The molecular weight excluding hydrogens is 218 g/mol. The van der Waals surface area contributed by atoms with Gasteiger partial charge in [-0.1, -0.05) is 0 Å². The number of ether oxygens (including phenoxy) is 1. The second-order valence-electron chi connectivity index (χ2n) is 4.66. The number of nitrogens with zero attached hydrogens (tertiary/aromatic N) is 1. The predicted molar refractivity (Wildman–Crippen MR) is 61.0 cm³/mol. The van der Waals surface area contributed by atoms with E-state index in [2.05, 4.69) is 0 Å². The number of rotatable bonds is 2. The quantitative estimate of drug-likeness (QED) is 0.569. The summed E-state index contributed by atoms with van der Waals surface area (Å²) in [4.78, 5) is 25.5. The van der Waals surface area contributed by atoms with Gasteiger partial charge in [-0.15, -0.1) is 0 Å². The standard InChI is InChI=1S/C13H13NO3/c1-7-3-10-11(4-8(7)2)13(16)14(12(10)15)5-9-6-17-9/h3-4,9H,5-6H2,1-2H3. The number of benzene rings is 1. The van der Waals surface area contributed by atoms with Crippen molar-refractivity contribution in [2.75, 3.05) is 13.2 Å². The Hall–Kier alpha value is -1.68. The highest BCUT2D eigenvalue weighted by Gasteiger charge is 2.39. The van der Waals surface area contributed by atoms with Crippen LogP contribution in [0, 0.1) is 13.8 Å². The third-order valence-electron chi connectivity index (χ3n) is 3.37. The molecule has 0 saturated carbocycles. The number of imide groups is 1. The Morgan fingerprint density at radius 2 is 1.65 bits per heavy atom. The Labute approximate surface area is 99.2 Å². The third kappa shape index (κ3) is 1.56. The van der Waals surface area contributed by atoms with Gasteiger partial charge in [0.05, 0.1) is 30.4 Å². The SMILES string of the molecule is Cc1cc2c(cc1C)C(=O)N(CC1CO1)C2=O. The van der Waals surface area contributed by atoms with Crippen molar-refractivity contribution < 1.29 is 14.3 Å². The van der Waals surface area contributed by atoms with Gasteiger partial charge in [0.25, 0.3) is 11.8 Å². The van der Waals surface area contributed by atoms with Crippen LogP contribution in [-0.2, 0) is 4.74 Å². The molecule has 1 saturated heterocycles. The van der Waals surface area contributed by atoms with Crippen LogP contribution in [0.2, 0.25) is 0 Å². The molecule has 2 amide bonds. The van der Waals surface area contributed by atoms with Gasteiger partial charge in [0.15, 0.2) is 0 Å². The summed E-state index contributed by atoms with van der Waals surface area (Å²) in [5.41, 5.74) is 3.13. The summed E-state index contributed by atoms with van der Waals surface area (Å²) in [7, 11) is 0. The first-order valence-electron chi connectivity index (χ1n) is 5.67. The van der Waals surface area contributed by atoms with Crippen molar-refractivity contribution in [2.24, 2.45) is 0 Å². The number of carbonyl (C=O) groups excluding carboxylic acids is 2. The molecule has 1 aromatic rings. The molecule has 0 bridgehead atoms. The maximum Gasteiger partial charge on any atom is 0.261 e. The lowest BCUT2D eigenvalue weighted by atomic mass is 10.0. The maximum atomic E-state index is 12.1. The van der Waals surface area contributed by atoms with Crippen LogP contribution in [0.3, 0.4) is 0 Å². The summed E-state index contributed by atoms with van der Waals surface area (Å²) < 4.78 is 5.07. The Kier molecular flexibility index (Phi) is 2.10. The van der Waals surface area contributed by atoms with Crippen LogP contribution in [0.5, 0.6) is 0 Å². The molecule has 0 N–H and O–H groups in total. The largest absolute Gasteiger partial charge is 0.371 e. The normalized spacial score (nSPS) is 22.0. The highest BCUT2D eigenvalue weighted by Crippen LogP contribution is 2.27. The molecule has 0 spiro atoms. The number of aryl methyl sites for hydroxylation is 2. The number of amides is 2. The summed E-state index contributed by atoms with van der Waals surface area (Å²) in [6.45, 7) is 4.91. The molecule has 1 atom stereocenters. The molecule has 0 aliphatic carbocycles. The van der Waals surface area contributed by atoms with Gasteiger partial charge in [-0.05, 0) is 37.1 Å². The molecule has 3 rings (SSSR count). The van der Waals surface area contributed by atoms with E-state index in [1.807, 2.05) is 13.8 Å². The first kappa shape index (κ1) is 10.5. The minimum absolute atomic E-state index is 0.0411. The van der Waals surface area contributed by atoms with Gasteiger partial charge < -0.3 is 4.74 Å². The van der Waals surface area contributed by atoms with Gasteiger partial charge in [-0.2, -0.15) is 0 Å². The highest BCUT2D eigenvalue weighted by molar-refractivity contribution is 6.21. The monoisotopic (exact) mass is 231 g/mol. The van der Waals surface area contributed by atoms with E-state index in [9.17, 15) is 9.59 Å². The fraction of sp³-hybridized carbons (Fsp3) is 0.385. The van der Waals surface area contributed by atoms with Crippen LogP contribution in [0.15, 0.2) is 12.1 Å². The summed E-state index contributed by atoms with van der Waals surface area (Å²) >= 11 is 0. The van der Waals surface area contributed by atoms with Gasteiger partial charge in [0.1, 0.15) is 0 Å². The molecule has 1 fully saturated rings. The maximum absolute atomic E-state index is 12.1. The van der Waals surface area contributed by atoms with Crippen molar-refractivity contribution in [3.8, 4) is 0 Å². The zero-order valence-electron chi connectivity index (χ0n) is 9.82. The molecule has 0 aromatic heterocycles. The molecule has 17 heavy (non-hydrogen) atoms. The molecular formula is C13H13NO3. The number of hydrogen-bond acceptors (Lipinski definition) is 3. The summed E-state index contributed by atoms with van der Waals surface area (Å²) in [5.74, 6) is -0.382. The number of carbonyl (C=O) groups is 2. The van der Waals surface area contributed by atoms with E-state index in [0.29, 0.717) is 24.3 Å². The lowest BCUT2D eigenvalue weighted by Crippen LogP contribution is -2.33. The number of hydrogen-bond donors (Lipinski definition) is 0. The summed E-state index contributed by atoms with van der Waals surface area (Å²) in [6.07, 6.45) is 0.0411. The Morgan fingerprint density at radius 1 is 1.18 bits per heavy atom. The van der Waals surface area contributed by atoms with Crippen LogP contribution in [0.1, 0.15) is 31.8 Å². The van der Waals surface area contributed by atoms with E-state index in [1.54, 1.807) is 12.1 Å². The minimum Gasteiger partial charge on any atom is -0.371 e. The molecule has 1 unspecified atom stereocenters. The molecule has 2 heterocycles. The summed E-state index contributed by atoms with van der Waals surface area (Å²) in [5, 5.41) is 0. The highest BCUT2D eigenvalue weighted by atomic mass is 16.6. The average molecular weight is 231 g/mol. The smallest absolute Gasteiger partial charge is 0.261 e. The molecule has 1 aromatic carbocycles. The van der Waals surface area contributed by atoms with Gasteiger partial charge in [-0.25, -0.2) is 0 Å². The molecule has 2 aliphatic heterocycles. The van der Waals surface area contributed by atoms with Crippen molar-refractivity contribution in [3.63, 3.8) is 0 Å². The predicted octanol–water partition coefficient (Wildman–Crippen LogP) is 1.30. The molecule has 4 heteroatoms. The van der Waals surface area contributed by atoms with Crippen LogP contribution < -0.4 is 0 Å². The first-order chi connectivity index (χ1) is 8.08. The zero-order chi connectivity index (χ0) is 12.2. The Morgan fingerprint density at radius 3 is 2.06 bits per heavy atom. The van der Waals surface area contributed by atoms with E-state index < -0.39 is 0 Å². The lowest BCUT2D eigenvalue weighted by molar-refractivity contribution is 0.0642. The fourth-order valence-corrected chi connectivity index (χ4v) is 2.10. The van der Waals surface area contributed by atoms with E-state index in [4.69, 9.17) is 4.74 Å². The van der Waals surface area contributed by atoms with E-state index >= 15 is 0 Å². The van der Waals surface area contributed by atoms with E-state index in [1.165, 1.54) is 4.90 Å². The van der Waals surface area contributed by atoms with Crippen molar-refractivity contribution in [1.29, 1.82) is 0 Å². The van der Waals surface area contributed by atoms with Crippen molar-refractivity contribution >= 4 is 11.8 Å². The number of fused-ring (bicyclic) bond motifs is 1. The van der Waals surface area contributed by atoms with Crippen LogP contribution in [0.4, 0.5) is 0 Å². The van der Waals surface area contributed by atoms with Crippen LogP contribution in [0.25, 0.3) is 0 Å². The number of epoxide rings is 1. The van der Waals surface area contributed by atoms with Gasteiger partial charge in [0, 0.05) is 0 Å². The van der Waals surface area contributed by atoms with Crippen molar-refractivity contribution in [1.82, 2.24) is 4.90 Å². The molecule has 2 aliphatic rings. The Balaban J connectivity index is 2.01.